The first-order chi connectivity index (χ1) is 25.4. The number of hydrogen-bond donors (Lipinski definition) is 0. The monoisotopic (exact) mass is 741 g/mol. The van der Waals surface area contributed by atoms with Crippen LogP contribution in [0.3, 0.4) is 0 Å². The molecule has 0 N–H and O–H groups in total. The molecule has 0 amide bonds. The molecule has 308 valence electrons. The normalized spacial score (nSPS) is 10.7. The lowest BCUT2D eigenvalue weighted by atomic mass is 10.1. The van der Waals surface area contributed by atoms with Gasteiger partial charge in [0.05, 0.1) is 25.7 Å². The first kappa shape index (κ1) is 52.0. The molecule has 0 aromatic rings. The van der Waals surface area contributed by atoms with Gasteiger partial charge in [0.15, 0.2) is 0 Å². The van der Waals surface area contributed by atoms with Crippen LogP contribution in [0.1, 0.15) is 259 Å². The third-order valence-corrected chi connectivity index (χ3v) is 9.39. The van der Waals surface area contributed by atoms with E-state index in [2.05, 4.69) is 47.2 Å². The Morgan fingerprint density at radius 1 is 0.231 bits per heavy atom. The zero-order valence-electron chi connectivity index (χ0n) is 34.7. The number of carbonyl (C=O) groups is 4. The van der Waals surface area contributed by atoms with Crippen molar-refractivity contribution in [2.24, 2.45) is 0 Å². The van der Waals surface area contributed by atoms with Crippen LogP contribution in [0.25, 0.3) is 0 Å². The Hall–Kier alpha value is -2.12. The Bertz CT molecular complexity index is 720. The van der Waals surface area contributed by atoms with Gasteiger partial charge < -0.3 is 0 Å². The lowest BCUT2D eigenvalue weighted by Gasteiger charge is -2.04. The van der Waals surface area contributed by atoms with E-state index < -0.39 is 23.9 Å². The van der Waals surface area contributed by atoms with Crippen molar-refractivity contribution in [3.63, 3.8) is 0 Å². The van der Waals surface area contributed by atoms with E-state index in [0.717, 1.165) is 77.0 Å². The van der Waals surface area contributed by atoms with Crippen LogP contribution in [-0.2, 0) is 38.7 Å². The summed E-state index contributed by atoms with van der Waals surface area (Å²) in [6.07, 6.45) is 39.1. The predicted octanol–water partition coefficient (Wildman–Crippen LogP) is 14.1. The maximum atomic E-state index is 11.6. The topological polar surface area (TPSA) is 105 Å². The largest absolute Gasteiger partial charge is 0.355 e. The van der Waals surface area contributed by atoms with Crippen molar-refractivity contribution in [1.82, 2.24) is 0 Å². The molecule has 8 heteroatoms. The van der Waals surface area contributed by atoms with Crippen LogP contribution in [0.5, 0.6) is 0 Å². The number of carbonyl (C=O) groups excluding carboxylic acids is 4. The number of rotatable bonds is 36. The van der Waals surface area contributed by atoms with E-state index in [0.29, 0.717) is 25.7 Å². The number of unbranched alkanes of at least 4 members (excludes halogenated alkanes) is 28. The molecule has 0 aliphatic carbocycles. The summed E-state index contributed by atoms with van der Waals surface area (Å²) in [5.41, 5.74) is 0. The van der Waals surface area contributed by atoms with Gasteiger partial charge in [-0.3, -0.25) is 0 Å². The Labute approximate surface area is 320 Å². The highest BCUT2D eigenvalue weighted by molar-refractivity contribution is 5.73. The minimum absolute atomic E-state index is 0.332. The predicted molar refractivity (Wildman–Crippen MR) is 213 cm³/mol. The zero-order valence-corrected chi connectivity index (χ0v) is 34.7. The van der Waals surface area contributed by atoms with Gasteiger partial charge in [-0.1, -0.05) is 207 Å². The van der Waals surface area contributed by atoms with Crippen molar-refractivity contribution in [3.05, 3.63) is 0 Å². The summed E-state index contributed by atoms with van der Waals surface area (Å²) in [6, 6.07) is 0. The van der Waals surface area contributed by atoms with Gasteiger partial charge in [-0.15, -0.1) is 0 Å². The van der Waals surface area contributed by atoms with E-state index in [1.807, 2.05) is 0 Å². The third-order valence-electron chi connectivity index (χ3n) is 9.39. The first-order valence-corrected chi connectivity index (χ1v) is 22.2. The lowest BCUT2D eigenvalue weighted by molar-refractivity contribution is -0.259. The van der Waals surface area contributed by atoms with Crippen molar-refractivity contribution in [2.45, 2.75) is 259 Å². The van der Waals surface area contributed by atoms with Gasteiger partial charge in [-0.2, -0.15) is 0 Å². The van der Waals surface area contributed by atoms with Gasteiger partial charge >= 0.3 is 23.9 Å². The molecule has 0 spiro atoms. The second-order valence-corrected chi connectivity index (χ2v) is 14.7. The van der Waals surface area contributed by atoms with Gasteiger partial charge in [0.2, 0.25) is 0 Å². The number of hydrogen-bond acceptors (Lipinski definition) is 8. The quantitative estimate of drug-likeness (QED) is 0.0355. The summed E-state index contributed by atoms with van der Waals surface area (Å²) >= 11 is 0. The average molecular weight is 741 g/mol. The molecule has 0 saturated carbocycles. The molecule has 0 bridgehead atoms. The van der Waals surface area contributed by atoms with Crippen molar-refractivity contribution in [2.75, 3.05) is 0 Å². The fraction of sp³-hybridized carbons (Fsp3) is 0.909. The summed E-state index contributed by atoms with van der Waals surface area (Å²) in [6.45, 7) is 8.86. The van der Waals surface area contributed by atoms with Crippen LogP contribution >= 0.6 is 0 Å². The van der Waals surface area contributed by atoms with Crippen LogP contribution in [0, 0.1) is 0 Å². The zero-order chi connectivity index (χ0) is 38.6. The standard InChI is InChI=1S/C24H46O4.C20H38O4/c1-3-5-7-9-11-13-15-17-19-21-23(25)27-28-24(26)22-20-18-16-14-12-10-8-6-4-2;1-3-5-7-9-11-13-15-17-19(21)23-24-20(22)18-16-14-12-10-8-6-4-2/h3-22H2,1-2H3;3-18H2,1-2H3. The van der Waals surface area contributed by atoms with E-state index in [1.54, 1.807) is 0 Å². The fourth-order valence-corrected chi connectivity index (χ4v) is 5.97. The van der Waals surface area contributed by atoms with Crippen molar-refractivity contribution < 1.29 is 38.7 Å². The van der Waals surface area contributed by atoms with Gasteiger partial charge in [0.25, 0.3) is 0 Å². The average Bonchev–Trinajstić information content (AvgIpc) is 3.14. The molecule has 0 fully saturated rings. The van der Waals surface area contributed by atoms with Gasteiger partial charge in [-0.05, 0) is 25.7 Å². The van der Waals surface area contributed by atoms with E-state index in [-0.39, 0.29) is 0 Å². The molecule has 0 unspecified atom stereocenters. The van der Waals surface area contributed by atoms with Gasteiger partial charge in [0.1, 0.15) is 0 Å². The Balaban J connectivity index is 0. The third kappa shape index (κ3) is 45.9. The molecule has 0 atom stereocenters. The molecule has 0 aliphatic heterocycles. The molecule has 52 heavy (non-hydrogen) atoms. The Morgan fingerprint density at radius 3 is 0.519 bits per heavy atom. The highest BCUT2D eigenvalue weighted by Crippen LogP contribution is 2.14. The second kappa shape index (κ2) is 45.0. The van der Waals surface area contributed by atoms with Crippen LogP contribution < -0.4 is 0 Å². The molecule has 0 aromatic carbocycles. The SMILES string of the molecule is CCCCCCCCCC(=O)OOC(=O)CCCCCCCCC.CCCCCCCCCCCC(=O)OOC(=O)CCCCCCCCCCC. The minimum Gasteiger partial charge on any atom is -0.247 e. The molecule has 0 saturated heterocycles. The second-order valence-electron chi connectivity index (χ2n) is 14.7. The summed E-state index contributed by atoms with van der Waals surface area (Å²) in [7, 11) is 0. The molecule has 0 aliphatic rings. The first-order valence-electron chi connectivity index (χ1n) is 22.2. The maximum Gasteiger partial charge on any atom is 0.355 e. The summed E-state index contributed by atoms with van der Waals surface area (Å²) in [4.78, 5) is 64.5. The summed E-state index contributed by atoms with van der Waals surface area (Å²) in [5.74, 6) is -1.72. The molecular weight excluding hydrogens is 656 g/mol. The van der Waals surface area contributed by atoms with E-state index >= 15 is 0 Å². The summed E-state index contributed by atoms with van der Waals surface area (Å²) < 4.78 is 0. The molecule has 0 radical (unpaired) electrons. The van der Waals surface area contributed by atoms with Crippen LogP contribution in [0.2, 0.25) is 0 Å². The van der Waals surface area contributed by atoms with Crippen LogP contribution in [-0.4, -0.2) is 23.9 Å². The van der Waals surface area contributed by atoms with Gasteiger partial charge in [0, 0.05) is 0 Å². The highest BCUT2D eigenvalue weighted by atomic mass is 17.2. The molecule has 8 nitrogen and oxygen atoms in total. The Morgan fingerprint density at radius 2 is 0.365 bits per heavy atom. The minimum atomic E-state index is -0.434. The van der Waals surface area contributed by atoms with E-state index in [4.69, 9.17) is 0 Å². The van der Waals surface area contributed by atoms with E-state index in [1.165, 1.54) is 128 Å². The highest BCUT2D eigenvalue weighted by Gasteiger charge is 2.11. The molecule has 0 heterocycles. The lowest BCUT2D eigenvalue weighted by Crippen LogP contribution is -2.11. The molecule has 0 aromatic heterocycles. The Kier molecular flexibility index (Phi) is 45.0. The van der Waals surface area contributed by atoms with Crippen molar-refractivity contribution in [3.8, 4) is 0 Å². The van der Waals surface area contributed by atoms with Gasteiger partial charge in [-0.25, -0.2) is 38.7 Å². The van der Waals surface area contributed by atoms with Crippen LogP contribution in [0.15, 0.2) is 0 Å². The van der Waals surface area contributed by atoms with E-state index in [9.17, 15) is 19.2 Å². The molecular formula is C44H84O8. The summed E-state index contributed by atoms with van der Waals surface area (Å²) in [5, 5.41) is 0. The van der Waals surface area contributed by atoms with Crippen molar-refractivity contribution in [1.29, 1.82) is 0 Å². The molecule has 0 rings (SSSR count). The smallest absolute Gasteiger partial charge is 0.247 e. The fourth-order valence-electron chi connectivity index (χ4n) is 5.97. The van der Waals surface area contributed by atoms with Crippen molar-refractivity contribution >= 4 is 23.9 Å². The van der Waals surface area contributed by atoms with Crippen LogP contribution in [0.4, 0.5) is 0 Å². The maximum absolute atomic E-state index is 11.6.